The van der Waals surface area contributed by atoms with Gasteiger partial charge in [-0.05, 0) is 62.4 Å². The van der Waals surface area contributed by atoms with E-state index in [-0.39, 0.29) is 11.3 Å². The largest absolute Gasteiger partial charge is 0.507 e. The first kappa shape index (κ1) is 21.1. The van der Waals surface area contributed by atoms with E-state index in [2.05, 4.69) is 41.4 Å². The highest BCUT2D eigenvalue weighted by molar-refractivity contribution is 5.95. The molecule has 0 heterocycles. The number of benzene rings is 2. The van der Waals surface area contributed by atoms with Crippen LogP contribution in [0.15, 0.2) is 48.5 Å². The van der Waals surface area contributed by atoms with Crippen LogP contribution in [0.5, 0.6) is 5.75 Å². The first-order valence-corrected chi connectivity index (χ1v) is 10.4. The van der Waals surface area contributed by atoms with Gasteiger partial charge in [0.2, 0.25) is 0 Å². The lowest BCUT2D eigenvalue weighted by molar-refractivity contribution is 0.0997. The monoisotopic (exact) mass is 397 g/mol. The lowest BCUT2D eigenvalue weighted by Gasteiger charge is -2.38. The molecule has 1 fully saturated rings. The van der Waals surface area contributed by atoms with Crippen molar-refractivity contribution >= 4 is 11.6 Å². The number of primary amides is 1. The minimum atomic E-state index is -0.761. The van der Waals surface area contributed by atoms with Gasteiger partial charge in [0.1, 0.15) is 5.75 Å². The Balaban J connectivity index is 1.51. The maximum absolute atomic E-state index is 11.4. The molecule has 0 spiro atoms. The SMILES string of the molecule is CCN(c1ccccc1)C1CCC(NCC(O)c2ccc(O)c(C(N)=O)c2)CC1. The average molecular weight is 398 g/mol. The van der Waals surface area contributed by atoms with E-state index in [0.717, 1.165) is 32.2 Å². The number of amides is 1. The highest BCUT2D eigenvalue weighted by Gasteiger charge is 2.25. The molecule has 0 bridgehead atoms. The summed E-state index contributed by atoms with van der Waals surface area (Å²) in [5.74, 6) is -0.875. The van der Waals surface area contributed by atoms with E-state index in [0.29, 0.717) is 24.2 Å². The molecule has 156 valence electrons. The molecule has 0 saturated heterocycles. The molecule has 6 nitrogen and oxygen atoms in total. The number of aliphatic hydroxyl groups excluding tert-OH is 1. The van der Waals surface area contributed by atoms with Crippen LogP contribution < -0.4 is 16.0 Å². The minimum Gasteiger partial charge on any atom is -0.507 e. The normalized spacial score (nSPS) is 20.2. The second kappa shape index (κ2) is 9.76. The van der Waals surface area contributed by atoms with Crippen molar-refractivity contribution in [2.45, 2.75) is 50.8 Å². The number of aliphatic hydroxyl groups is 1. The van der Waals surface area contributed by atoms with Crippen LogP contribution in [0.3, 0.4) is 0 Å². The Morgan fingerprint density at radius 3 is 2.48 bits per heavy atom. The number of carbonyl (C=O) groups is 1. The maximum atomic E-state index is 11.4. The first-order valence-electron chi connectivity index (χ1n) is 10.4. The van der Waals surface area contributed by atoms with Crippen molar-refractivity contribution in [2.75, 3.05) is 18.0 Å². The first-order chi connectivity index (χ1) is 14.0. The van der Waals surface area contributed by atoms with Crippen LogP contribution in [0.25, 0.3) is 0 Å². The Bertz CT molecular complexity index is 804. The van der Waals surface area contributed by atoms with Crippen molar-refractivity contribution in [3.8, 4) is 5.75 Å². The van der Waals surface area contributed by atoms with Crippen LogP contribution in [-0.4, -0.2) is 41.3 Å². The molecular formula is C23H31N3O3. The summed E-state index contributed by atoms with van der Waals surface area (Å²) in [6.45, 7) is 3.59. The van der Waals surface area contributed by atoms with E-state index in [4.69, 9.17) is 5.73 Å². The molecule has 3 rings (SSSR count). The van der Waals surface area contributed by atoms with E-state index < -0.39 is 12.0 Å². The standard InChI is InChI=1S/C23H31N3O3/c1-2-26(18-6-4-3-5-7-18)19-11-9-17(10-12-19)25-15-22(28)16-8-13-21(27)20(14-16)23(24)29/h3-8,13-14,17,19,22,25,27-28H,2,9-12,15H2,1H3,(H2,24,29). The smallest absolute Gasteiger partial charge is 0.252 e. The number of hydrogen-bond acceptors (Lipinski definition) is 5. The lowest BCUT2D eigenvalue weighted by Crippen LogP contribution is -2.43. The summed E-state index contributed by atoms with van der Waals surface area (Å²) in [7, 11) is 0. The number of nitrogens with two attached hydrogens (primary N) is 1. The van der Waals surface area contributed by atoms with E-state index in [1.165, 1.54) is 17.8 Å². The van der Waals surface area contributed by atoms with Gasteiger partial charge in [-0.25, -0.2) is 0 Å². The molecule has 2 aromatic carbocycles. The van der Waals surface area contributed by atoms with Gasteiger partial charge in [0, 0.05) is 30.9 Å². The number of hydrogen-bond donors (Lipinski definition) is 4. The fraction of sp³-hybridized carbons (Fsp3) is 0.435. The third-order valence-electron chi connectivity index (χ3n) is 5.84. The summed E-state index contributed by atoms with van der Waals surface area (Å²) in [6.07, 6.45) is 3.58. The molecule has 2 aromatic rings. The van der Waals surface area contributed by atoms with Gasteiger partial charge in [-0.1, -0.05) is 24.3 Å². The predicted molar refractivity (Wildman–Crippen MR) is 115 cm³/mol. The van der Waals surface area contributed by atoms with E-state index >= 15 is 0 Å². The zero-order valence-electron chi connectivity index (χ0n) is 16.9. The number of nitrogens with zero attached hydrogens (tertiary/aromatic N) is 1. The molecule has 1 aliphatic carbocycles. The van der Waals surface area contributed by atoms with Gasteiger partial charge in [0.25, 0.3) is 5.91 Å². The van der Waals surface area contributed by atoms with Gasteiger partial charge < -0.3 is 26.2 Å². The number of para-hydroxylation sites is 1. The molecule has 0 aromatic heterocycles. The van der Waals surface area contributed by atoms with E-state index in [1.54, 1.807) is 6.07 Å². The summed E-state index contributed by atoms with van der Waals surface area (Å²) in [4.78, 5) is 13.9. The van der Waals surface area contributed by atoms with E-state index in [1.807, 2.05) is 6.07 Å². The average Bonchev–Trinajstić information content (AvgIpc) is 2.74. The second-order valence-electron chi connectivity index (χ2n) is 7.69. The highest BCUT2D eigenvalue weighted by atomic mass is 16.3. The van der Waals surface area contributed by atoms with Crippen molar-refractivity contribution in [1.82, 2.24) is 5.32 Å². The number of phenols is 1. The fourth-order valence-electron chi connectivity index (χ4n) is 4.22. The van der Waals surface area contributed by atoms with Gasteiger partial charge in [-0.2, -0.15) is 0 Å². The summed E-state index contributed by atoms with van der Waals surface area (Å²) >= 11 is 0. The number of rotatable bonds is 8. The molecule has 0 radical (unpaired) electrons. The fourth-order valence-corrected chi connectivity index (χ4v) is 4.22. The summed E-state index contributed by atoms with van der Waals surface area (Å²) in [6, 6.07) is 15.9. The van der Waals surface area contributed by atoms with Gasteiger partial charge >= 0.3 is 0 Å². The molecule has 1 aliphatic rings. The van der Waals surface area contributed by atoms with Gasteiger partial charge in [0.15, 0.2) is 0 Å². The number of carbonyl (C=O) groups excluding carboxylic acids is 1. The summed E-state index contributed by atoms with van der Waals surface area (Å²) < 4.78 is 0. The number of anilines is 1. The second-order valence-corrected chi connectivity index (χ2v) is 7.69. The zero-order valence-corrected chi connectivity index (χ0v) is 16.9. The van der Waals surface area contributed by atoms with Crippen molar-refractivity contribution in [3.05, 3.63) is 59.7 Å². The molecular weight excluding hydrogens is 366 g/mol. The van der Waals surface area contributed by atoms with Crippen LogP contribution >= 0.6 is 0 Å². The van der Waals surface area contributed by atoms with E-state index in [9.17, 15) is 15.0 Å². The van der Waals surface area contributed by atoms with Crippen LogP contribution in [0.4, 0.5) is 5.69 Å². The van der Waals surface area contributed by atoms with Gasteiger partial charge in [-0.3, -0.25) is 4.79 Å². The zero-order chi connectivity index (χ0) is 20.8. The summed E-state index contributed by atoms with van der Waals surface area (Å²) in [5, 5.41) is 23.6. The van der Waals surface area contributed by atoms with Crippen LogP contribution in [0.1, 0.15) is 54.6 Å². The lowest BCUT2D eigenvalue weighted by atomic mass is 9.89. The Morgan fingerprint density at radius 1 is 1.17 bits per heavy atom. The Labute approximate surface area is 172 Å². The van der Waals surface area contributed by atoms with Crippen LogP contribution in [-0.2, 0) is 0 Å². The topological polar surface area (TPSA) is 98.8 Å². The van der Waals surface area contributed by atoms with Gasteiger partial charge in [-0.15, -0.1) is 0 Å². The Kier molecular flexibility index (Phi) is 7.12. The molecule has 5 N–H and O–H groups in total. The molecule has 29 heavy (non-hydrogen) atoms. The molecule has 0 aliphatic heterocycles. The molecule has 1 amide bonds. The van der Waals surface area contributed by atoms with Crippen molar-refractivity contribution in [3.63, 3.8) is 0 Å². The predicted octanol–water partition coefficient (Wildman–Crippen LogP) is 2.95. The third-order valence-corrected chi connectivity index (χ3v) is 5.84. The van der Waals surface area contributed by atoms with Crippen LogP contribution in [0.2, 0.25) is 0 Å². The number of nitrogens with one attached hydrogen (secondary N) is 1. The van der Waals surface area contributed by atoms with Crippen molar-refractivity contribution in [2.24, 2.45) is 5.73 Å². The number of aromatic hydroxyl groups is 1. The minimum absolute atomic E-state index is 0.0302. The molecule has 1 saturated carbocycles. The molecule has 1 atom stereocenters. The quantitative estimate of drug-likeness (QED) is 0.549. The summed E-state index contributed by atoms with van der Waals surface area (Å²) in [5.41, 5.74) is 7.14. The van der Waals surface area contributed by atoms with Gasteiger partial charge in [0.05, 0.1) is 11.7 Å². The Morgan fingerprint density at radius 2 is 1.86 bits per heavy atom. The Hall–Kier alpha value is -2.57. The maximum Gasteiger partial charge on any atom is 0.252 e. The third kappa shape index (κ3) is 5.28. The van der Waals surface area contributed by atoms with Crippen LogP contribution in [0, 0.1) is 0 Å². The molecule has 1 unspecified atom stereocenters. The molecule has 6 heteroatoms. The van der Waals surface area contributed by atoms with Crippen molar-refractivity contribution < 1.29 is 15.0 Å². The highest BCUT2D eigenvalue weighted by Crippen LogP contribution is 2.28. The van der Waals surface area contributed by atoms with Crippen molar-refractivity contribution in [1.29, 1.82) is 0 Å².